The van der Waals surface area contributed by atoms with Gasteiger partial charge in [0.1, 0.15) is 5.75 Å². The van der Waals surface area contributed by atoms with Gasteiger partial charge in [-0.1, -0.05) is 30.3 Å². The van der Waals surface area contributed by atoms with E-state index in [4.69, 9.17) is 4.74 Å². The van der Waals surface area contributed by atoms with Crippen molar-refractivity contribution in [2.24, 2.45) is 0 Å². The zero-order chi connectivity index (χ0) is 18.6. The van der Waals surface area contributed by atoms with E-state index in [1.54, 1.807) is 13.2 Å². The highest BCUT2D eigenvalue weighted by Crippen LogP contribution is 2.32. The Labute approximate surface area is 151 Å². The fraction of sp³-hybridized carbons (Fsp3) is 0.400. The van der Waals surface area contributed by atoms with Crippen LogP contribution in [-0.4, -0.2) is 19.7 Å². The molecule has 0 spiro atoms. The summed E-state index contributed by atoms with van der Waals surface area (Å²) in [6.07, 6.45) is -2.44. The fourth-order valence-corrected chi connectivity index (χ4v) is 3.46. The van der Waals surface area contributed by atoms with Gasteiger partial charge in [0.05, 0.1) is 12.7 Å². The summed E-state index contributed by atoms with van der Waals surface area (Å²) in [5.41, 5.74) is 1.09. The standard InChI is InChI=1S/C20H23F3N2O/c1-26-18-10-3-2-6-15(18)13-25-17-9-5-11-24-19(17)14-7-4-8-16(12-14)20(21,22)23/h2-4,6-8,10,12,17,19,24-25H,5,9,11,13H2,1H3/t17-,19-/m0/s1. The van der Waals surface area contributed by atoms with Gasteiger partial charge >= 0.3 is 6.18 Å². The first-order valence-corrected chi connectivity index (χ1v) is 8.75. The van der Waals surface area contributed by atoms with Crippen LogP contribution < -0.4 is 15.4 Å². The highest BCUT2D eigenvalue weighted by atomic mass is 19.4. The van der Waals surface area contributed by atoms with Gasteiger partial charge in [-0.3, -0.25) is 0 Å². The molecular weight excluding hydrogens is 341 g/mol. The predicted octanol–water partition coefficient (Wildman–Crippen LogP) is 4.30. The quantitative estimate of drug-likeness (QED) is 0.830. The van der Waals surface area contributed by atoms with Gasteiger partial charge in [0, 0.05) is 24.2 Å². The fourth-order valence-electron chi connectivity index (χ4n) is 3.46. The molecule has 3 nitrogen and oxygen atoms in total. The van der Waals surface area contributed by atoms with Crippen LogP contribution in [0.2, 0.25) is 0 Å². The molecule has 2 atom stereocenters. The van der Waals surface area contributed by atoms with Gasteiger partial charge < -0.3 is 15.4 Å². The van der Waals surface area contributed by atoms with Crippen LogP contribution in [0.4, 0.5) is 13.2 Å². The predicted molar refractivity (Wildman–Crippen MR) is 95.0 cm³/mol. The molecule has 0 aromatic heterocycles. The van der Waals surface area contributed by atoms with E-state index in [0.717, 1.165) is 36.8 Å². The number of nitrogens with one attached hydrogen (secondary N) is 2. The zero-order valence-corrected chi connectivity index (χ0v) is 14.6. The second kappa shape index (κ2) is 8.10. The largest absolute Gasteiger partial charge is 0.496 e. The number of piperidine rings is 1. The van der Waals surface area contributed by atoms with Gasteiger partial charge in [-0.05, 0) is 43.1 Å². The number of ether oxygens (including phenoxy) is 1. The Morgan fingerprint density at radius 3 is 2.73 bits per heavy atom. The molecular formula is C20H23F3N2O. The summed E-state index contributed by atoms with van der Waals surface area (Å²) in [4.78, 5) is 0. The van der Waals surface area contributed by atoms with Crippen LogP contribution in [-0.2, 0) is 12.7 Å². The lowest BCUT2D eigenvalue weighted by atomic mass is 9.91. The van der Waals surface area contributed by atoms with Gasteiger partial charge in [-0.15, -0.1) is 0 Å². The topological polar surface area (TPSA) is 33.3 Å². The summed E-state index contributed by atoms with van der Waals surface area (Å²) in [6, 6.07) is 13.3. The molecule has 0 bridgehead atoms. The van der Waals surface area contributed by atoms with Crippen molar-refractivity contribution < 1.29 is 17.9 Å². The molecule has 1 aliphatic rings. The summed E-state index contributed by atoms with van der Waals surface area (Å²) >= 11 is 0. The lowest BCUT2D eigenvalue weighted by Gasteiger charge is -2.34. The molecule has 2 aromatic carbocycles. The van der Waals surface area contributed by atoms with Crippen LogP contribution in [0.5, 0.6) is 5.75 Å². The van der Waals surface area contributed by atoms with E-state index in [2.05, 4.69) is 10.6 Å². The Hall–Kier alpha value is -2.05. The number of hydrogen-bond donors (Lipinski definition) is 2. The van der Waals surface area contributed by atoms with Gasteiger partial charge in [-0.25, -0.2) is 0 Å². The number of para-hydroxylation sites is 1. The van der Waals surface area contributed by atoms with E-state index < -0.39 is 11.7 Å². The maximum Gasteiger partial charge on any atom is 0.416 e. The molecule has 1 heterocycles. The van der Waals surface area contributed by atoms with Gasteiger partial charge in [-0.2, -0.15) is 13.2 Å². The molecule has 6 heteroatoms. The van der Waals surface area contributed by atoms with E-state index in [1.807, 2.05) is 24.3 Å². The molecule has 1 fully saturated rings. The minimum absolute atomic E-state index is 0.0529. The number of hydrogen-bond acceptors (Lipinski definition) is 3. The van der Waals surface area contributed by atoms with Crippen molar-refractivity contribution in [3.63, 3.8) is 0 Å². The monoisotopic (exact) mass is 364 g/mol. The lowest BCUT2D eigenvalue weighted by molar-refractivity contribution is -0.137. The maximum atomic E-state index is 13.0. The normalized spacial score (nSPS) is 20.8. The van der Waals surface area contributed by atoms with Crippen LogP contribution in [0, 0.1) is 0 Å². The van der Waals surface area contributed by atoms with Crippen molar-refractivity contribution in [3.05, 3.63) is 65.2 Å². The van der Waals surface area contributed by atoms with E-state index in [0.29, 0.717) is 12.1 Å². The van der Waals surface area contributed by atoms with Crippen LogP contribution in [0.15, 0.2) is 48.5 Å². The van der Waals surface area contributed by atoms with Crippen molar-refractivity contribution >= 4 is 0 Å². The Morgan fingerprint density at radius 1 is 1.15 bits per heavy atom. The Bertz CT molecular complexity index is 733. The summed E-state index contributed by atoms with van der Waals surface area (Å²) in [5, 5.41) is 6.86. The number of benzene rings is 2. The van der Waals surface area contributed by atoms with Crippen molar-refractivity contribution in [1.82, 2.24) is 10.6 Å². The van der Waals surface area contributed by atoms with E-state index in [1.165, 1.54) is 12.1 Å². The first kappa shape index (κ1) is 18.7. The third-order valence-corrected chi connectivity index (χ3v) is 4.78. The number of rotatable bonds is 5. The molecule has 0 amide bonds. The van der Waals surface area contributed by atoms with Crippen LogP contribution in [0.3, 0.4) is 0 Å². The minimum Gasteiger partial charge on any atom is -0.496 e. The molecule has 140 valence electrons. The smallest absolute Gasteiger partial charge is 0.416 e. The summed E-state index contributed by atoms with van der Waals surface area (Å²) in [6.45, 7) is 1.40. The first-order chi connectivity index (χ1) is 12.5. The van der Waals surface area contributed by atoms with E-state index >= 15 is 0 Å². The van der Waals surface area contributed by atoms with Gasteiger partial charge in [0.2, 0.25) is 0 Å². The molecule has 0 unspecified atom stereocenters. The van der Waals surface area contributed by atoms with Crippen molar-refractivity contribution in [2.45, 2.75) is 37.6 Å². The maximum absolute atomic E-state index is 13.0. The zero-order valence-electron chi connectivity index (χ0n) is 14.6. The van der Waals surface area contributed by atoms with Gasteiger partial charge in [0.15, 0.2) is 0 Å². The number of halogens is 3. The summed E-state index contributed by atoms with van der Waals surface area (Å²) in [7, 11) is 1.63. The molecule has 1 saturated heterocycles. The van der Waals surface area contributed by atoms with Crippen molar-refractivity contribution in [2.75, 3.05) is 13.7 Å². The Balaban J connectivity index is 1.76. The van der Waals surface area contributed by atoms with Gasteiger partial charge in [0.25, 0.3) is 0 Å². The van der Waals surface area contributed by atoms with Crippen LogP contribution in [0.1, 0.15) is 35.6 Å². The molecule has 2 aromatic rings. The Morgan fingerprint density at radius 2 is 1.96 bits per heavy atom. The first-order valence-electron chi connectivity index (χ1n) is 8.75. The minimum atomic E-state index is -4.33. The average molecular weight is 364 g/mol. The Kier molecular flexibility index (Phi) is 5.84. The second-order valence-corrected chi connectivity index (χ2v) is 6.50. The van der Waals surface area contributed by atoms with Crippen LogP contribution in [0.25, 0.3) is 0 Å². The highest BCUT2D eigenvalue weighted by Gasteiger charge is 2.32. The highest BCUT2D eigenvalue weighted by molar-refractivity contribution is 5.33. The molecule has 3 rings (SSSR count). The molecule has 0 aliphatic carbocycles. The SMILES string of the molecule is COc1ccccc1CN[C@H]1CCCN[C@H]1c1cccc(C(F)(F)F)c1. The van der Waals surface area contributed by atoms with Crippen LogP contribution >= 0.6 is 0 Å². The molecule has 0 radical (unpaired) electrons. The number of alkyl halides is 3. The third-order valence-electron chi connectivity index (χ3n) is 4.78. The number of methoxy groups -OCH3 is 1. The molecule has 26 heavy (non-hydrogen) atoms. The van der Waals surface area contributed by atoms with Crippen molar-refractivity contribution in [1.29, 1.82) is 0 Å². The summed E-state index contributed by atoms with van der Waals surface area (Å²) < 4.78 is 44.5. The summed E-state index contributed by atoms with van der Waals surface area (Å²) in [5.74, 6) is 0.805. The molecule has 0 saturated carbocycles. The van der Waals surface area contributed by atoms with Crippen molar-refractivity contribution in [3.8, 4) is 5.75 Å². The third kappa shape index (κ3) is 4.37. The van der Waals surface area contributed by atoms with E-state index in [9.17, 15) is 13.2 Å². The molecule has 2 N–H and O–H groups in total. The average Bonchev–Trinajstić information content (AvgIpc) is 2.66. The second-order valence-electron chi connectivity index (χ2n) is 6.50. The molecule has 1 aliphatic heterocycles. The lowest BCUT2D eigenvalue weighted by Crippen LogP contribution is -2.45. The van der Waals surface area contributed by atoms with E-state index in [-0.39, 0.29) is 12.1 Å².